The van der Waals surface area contributed by atoms with Crippen LogP contribution in [0.15, 0.2) is 158 Å². The van der Waals surface area contributed by atoms with E-state index in [2.05, 4.69) is 43.3 Å². The number of amides is 1. The summed E-state index contributed by atoms with van der Waals surface area (Å²) < 4.78 is 36.6. The number of pyridine rings is 1. The van der Waals surface area contributed by atoms with Gasteiger partial charge in [-0.3, -0.25) is 9.20 Å². The fraction of sp³-hybridized carbons (Fsp3) is 0.278. The molecular weight excluding hydrogens is 905 g/mol. The van der Waals surface area contributed by atoms with Gasteiger partial charge < -0.3 is 19.6 Å². The van der Waals surface area contributed by atoms with E-state index in [1.54, 1.807) is 34.5 Å². The van der Waals surface area contributed by atoms with Gasteiger partial charge in [0.15, 0.2) is 17.2 Å². The second-order valence-corrected chi connectivity index (χ2v) is 27.2. The first-order valence-corrected chi connectivity index (χ1v) is 27.2. The van der Waals surface area contributed by atoms with Gasteiger partial charge in [-0.15, -0.1) is 10.2 Å². The van der Waals surface area contributed by atoms with Gasteiger partial charge in [0.05, 0.1) is 17.8 Å². The SMILES string of the molecule is Cc1nc2c(OCc3c(F)cccc3F)cccn2c1C(=O)NC(C)(CCC(C)(C)[Si](O)(c1ccccc1)c1ccccc1)c1nnn(CCCC(C)(C)[Si](O)(c2ccccc2)c2ccccc2)n1. The van der Waals surface area contributed by atoms with Crippen LogP contribution in [-0.2, 0) is 18.7 Å². The van der Waals surface area contributed by atoms with Crippen molar-refractivity contribution in [3.63, 3.8) is 0 Å². The van der Waals surface area contributed by atoms with E-state index < -0.39 is 49.8 Å². The molecule has 8 aromatic rings. The molecule has 8 rings (SSSR count). The smallest absolute Gasteiger partial charge is 0.271 e. The number of tetrazole rings is 1. The van der Waals surface area contributed by atoms with Crippen LogP contribution in [0.5, 0.6) is 5.75 Å². The van der Waals surface area contributed by atoms with Crippen molar-refractivity contribution in [1.82, 2.24) is 34.9 Å². The Morgan fingerprint density at radius 1 is 0.667 bits per heavy atom. The Morgan fingerprint density at radius 3 is 1.67 bits per heavy atom. The minimum absolute atomic E-state index is 0.221. The maximum Gasteiger partial charge on any atom is 0.271 e. The average molecular weight is 964 g/mol. The van der Waals surface area contributed by atoms with E-state index >= 15 is 0 Å². The Morgan fingerprint density at radius 2 is 1.16 bits per heavy atom. The molecule has 0 aliphatic rings. The zero-order valence-electron chi connectivity index (χ0n) is 39.9. The Labute approximate surface area is 404 Å². The number of nitrogens with zero attached hydrogens (tertiary/aromatic N) is 6. The van der Waals surface area contributed by atoms with Crippen LogP contribution in [0.1, 0.15) is 87.9 Å². The minimum Gasteiger partial charge on any atom is -0.485 e. The molecule has 0 saturated heterocycles. The predicted octanol–water partition coefficient (Wildman–Crippen LogP) is 7.76. The molecule has 5 aromatic carbocycles. The number of aryl methyl sites for hydroxylation is 2. The van der Waals surface area contributed by atoms with E-state index in [0.29, 0.717) is 43.6 Å². The summed E-state index contributed by atoms with van der Waals surface area (Å²) in [4.78, 5) is 46.9. The first-order valence-electron chi connectivity index (χ1n) is 23.3. The number of nitrogens with one attached hydrogen (secondary N) is 1. The quantitative estimate of drug-likeness (QED) is 0.0700. The number of benzene rings is 5. The number of hydrogen-bond acceptors (Lipinski definition) is 8. The molecule has 15 heteroatoms. The van der Waals surface area contributed by atoms with Crippen LogP contribution in [0, 0.1) is 18.6 Å². The fourth-order valence-corrected chi connectivity index (χ4v) is 17.2. The first kappa shape index (κ1) is 48.8. The van der Waals surface area contributed by atoms with Crippen LogP contribution >= 0.6 is 0 Å². The van der Waals surface area contributed by atoms with Crippen molar-refractivity contribution < 1.29 is 27.9 Å². The molecule has 0 fully saturated rings. The lowest BCUT2D eigenvalue weighted by atomic mass is 9.90. The standard InChI is InChI=1S/C54H59F2N7O4Si2/c1-39-48(62-36-20-32-47(49(62)57-39)67-38-44-45(55)30-19-31-46(44)56)50(64)58-54(6,35-34-53(4,5)69(66,42-26-15-9-16-27-42)43-28-17-10-18-29-43)51-59-61-63(60-51)37-21-33-52(2,3)68(65,40-22-11-7-12-23-40)41-24-13-8-14-25-41/h7-20,22-32,36,65-66H,21,33-35,37-38H2,1-6H3,(H,58,64). The van der Waals surface area contributed by atoms with E-state index in [0.717, 1.165) is 20.7 Å². The second kappa shape index (κ2) is 19.8. The molecule has 0 saturated carbocycles. The minimum atomic E-state index is -3.48. The Balaban J connectivity index is 1.10. The third-order valence-electron chi connectivity index (χ3n) is 13.9. The van der Waals surface area contributed by atoms with Gasteiger partial charge in [-0.2, -0.15) is 4.80 Å². The van der Waals surface area contributed by atoms with Gasteiger partial charge in [0.25, 0.3) is 22.5 Å². The maximum absolute atomic E-state index is 14.8. The van der Waals surface area contributed by atoms with Gasteiger partial charge in [0.2, 0.25) is 0 Å². The maximum atomic E-state index is 14.8. The number of ether oxygens (including phenoxy) is 1. The van der Waals surface area contributed by atoms with Crippen molar-refractivity contribution in [3.05, 3.63) is 192 Å². The Bertz CT molecular complexity index is 2930. The highest BCUT2D eigenvalue weighted by molar-refractivity contribution is 6.99. The number of fused-ring (bicyclic) bond motifs is 1. The summed E-state index contributed by atoms with van der Waals surface area (Å²) >= 11 is 0. The van der Waals surface area contributed by atoms with E-state index in [4.69, 9.17) is 14.8 Å². The molecule has 0 bridgehead atoms. The van der Waals surface area contributed by atoms with Crippen molar-refractivity contribution in [2.24, 2.45) is 0 Å². The third kappa shape index (κ3) is 9.56. The zero-order chi connectivity index (χ0) is 49.0. The second-order valence-electron chi connectivity index (χ2n) is 19.4. The summed E-state index contributed by atoms with van der Waals surface area (Å²) in [6.45, 7) is 12.0. The van der Waals surface area contributed by atoms with Crippen LogP contribution in [-0.4, -0.2) is 61.7 Å². The van der Waals surface area contributed by atoms with Gasteiger partial charge in [-0.25, -0.2) is 13.8 Å². The number of rotatable bonds is 19. The highest BCUT2D eigenvalue weighted by Gasteiger charge is 2.52. The largest absolute Gasteiger partial charge is 0.485 e. The predicted molar refractivity (Wildman–Crippen MR) is 270 cm³/mol. The first-order chi connectivity index (χ1) is 33.0. The molecule has 3 aromatic heterocycles. The Hall–Kier alpha value is -6.66. The molecule has 3 heterocycles. The van der Waals surface area contributed by atoms with Crippen LogP contribution in [0.2, 0.25) is 10.1 Å². The normalized spacial score (nSPS) is 13.3. The summed E-state index contributed by atoms with van der Waals surface area (Å²) in [5, 5.41) is 19.8. The topological polar surface area (TPSA) is 140 Å². The highest BCUT2D eigenvalue weighted by Crippen LogP contribution is 2.43. The van der Waals surface area contributed by atoms with Crippen LogP contribution in [0.3, 0.4) is 0 Å². The zero-order valence-corrected chi connectivity index (χ0v) is 41.9. The number of carbonyl (C=O) groups is 1. The summed E-state index contributed by atoms with van der Waals surface area (Å²) in [6.07, 6.45) is 3.73. The monoisotopic (exact) mass is 963 g/mol. The van der Waals surface area contributed by atoms with Crippen molar-refractivity contribution in [2.45, 2.75) is 96.0 Å². The molecule has 356 valence electrons. The van der Waals surface area contributed by atoms with Crippen LogP contribution < -0.4 is 30.8 Å². The molecule has 1 unspecified atom stereocenters. The van der Waals surface area contributed by atoms with E-state index in [1.807, 2.05) is 128 Å². The van der Waals surface area contributed by atoms with Gasteiger partial charge >= 0.3 is 0 Å². The lowest BCUT2D eigenvalue weighted by Gasteiger charge is -2.43. The summed E-state index contributed by atoms with van der Waals surface area (Å²) in [5.74, 6) is -1.41. The number of carbonyl (C=O) groups excluding carboxylic acids is 1. The molecular formula is C54H59F2N7O4Si2. The number of halogens is 2. The van der Waals surface area contributed by atoms with Crippen molar-refractivity contribution >= 4 is 48.9 Å². The number of hydrogen-bond donors (Lipinski definition) is 3. The molecule has 1 atom stereocenters. The average Bonchev–Trinajstić information content (AvgIpc) is 3.98. The van der Waals surface area contributed by atoms with E-state index in [-0.39, 0.29) is 29.4 Å². The molecule has 3 N–H and O–H groups in total. The Kier molecular flexibility index (Phi) is 14.0. The molecule has 0 spiro atoms. The van der Waals surface area contributed by atoms with Gasteiger partial charge in [-0.05, 0) is 99.8 Å². The molecule has 11 nitrogen and oxygen atoms in total. The van der Waals surface area contributed by atoms with E-state index in [1.165, 1.54) is 18.2 Å². The molecule has 0 radical (unpaired) electrons. The highest BCUT2D eigenvalue weighted by atomic mass is 28.4. The number of imidazole rings is 1. The van der Waals surface area contributed by atoms with E-state index in [9.17, 15) is 23.2 Å². The number of aromatic nitrogens is 6. The van der Waals surface area contributed by atoms with Crippen molar-refractivity contribution in [3.8, 4) is 5.75 Å². The lowest BCUT2D eigenvalue weighted by molar-refractivity contribution is 0.0884. The molecule has 0 aliphatic heterocycles. The lowest BCUT2D eigenvalue weighted by Crippen LogP contribution is -2.65. The fourth-order valence-electron chi connectivity index (χ4n) is 9.66. The van der Waals surface area contributed by atoms with Crippen LogP contribution in [0.25, 0.3) is 5.65 Å². The summed E-state index contributed by atoms with van der Waals surface area (Å²) in [7, 11) is -6.73. The van der Waals surface area contributed by atoms with Crippen molar-refractivity contribution in [1.29, 1.82) is 0 Å². The summed E-state index contributed by atoms with van der Waals surface area (Å²) in [6, 6.07) is 46.4. The molecule has 69 heavy (non-hydrogen) atoms. The molecule has 1 amide bonds. The molecule has 0 aliphatic carbocycles. The summed E-state index contributed by atoms with van der Waals surface area (Å²) in [5.41, 5.74) is -0.536. The van der Waals surface area contributed by atoms with Gasteiger partial charge in [0.1, 0.15) is 29.5 Å². The van der Waals surface area contributed by atoms with Crippen LogP contribution in [0.4, 0.5) is 8.78 Å². The van der Waals surface area contributed by atoms with Crippen molar-refractivity contribution in [2.75, 3.05) is 0 Å². The third-order valence-corrected chi connectivity index (χ3v) is 23.0. The van der Waals surface area contributed by atoms with Gasteiger partial charge in [0, 0.05) is 6.20 Å². The van der Waals surface area contributed by atoms with Gasteiger partial charge in [-0.1, -0.05) is 155 Å².